The summed E-state index contributed by atoms with van der Waals surface area (Å²) in [6, 6.07) is 4.22. The highest BCUT2D eigenvalue weighted by Gasteiger charge is 2.16. The highest BCUT2D eigenvalue weighted by molar-refractivity contribution is 5.18. The topological polar surface area (TPSA) is 61.7 Å². The van der Waals surface area contributed by atoms with Crippen LogP contribution in [0.15, 0.2) is 12.1 Å². The molecule has 5 nitrogen and oxygen atoms in total. The van der Waals surface area contributed by atoms with Crippen LogP contribution in [0.4, 0.5) is 0 Å². The standard InChI is InChI=1S/C15H25N5/c1-5-12-9-13(19(6-2)18-12)10-14(16)15-8-11(4)17-20(15)7-3/h8-9,14H,5-7,10,16H2,1-4H3. The molecule has 0 aliphatic rings. The maximum absolute atomic E-state index is 6.39. The predicted molar refractivity (Wildman–Crippen MR) is 80.5 cm³/mol. The van der Waals surface area contributed by atoms with Crippen molar-refractivity contribution in [1.29, 1.82) is 0 Å². The van der Waals surface area contributed by atoms with E-state index in [1.807, 2.05) is 11.6 Å². The molecule has 2 N–H and O–H groups in total. The van der Waals surface area contributed by atoms with E-state index in [2.05, 4.69) is 47.8 Å². The summed E-state index contributed by atoms with van der Waals surface area (Å²) in [4.78, 5) is 0. The van der Waals surface area contributed by atoms with Gasteiger partial charge in [0, 0.05) is 25.2 Å². The van der Waals surface area contributed by atoms with Gasteiger partial charge in [-0.2, -0.15) is 10.2 Å². The first-order chi connectivity index (χ1) is 9.58. The van der Waals surface area contributed by atoms with E-state index in [4.69, 9.17) is 5.73 Å². The molecule has 0 aromatic carbocycles. The smallest absolute Gasteiger partial charge is 0.0624 e. The maximum atomic E-state index is 6.39. The first-order valence-electron chi connectivity index (χ1n) is 7.44. The second-order valence-corrected chi connectivity index (χ2v) is 5.13. The van der Waals surface area contributed by atoms with Crippen molar-refractivity contribution in [3.05, 3.63) is 34.9 Å². The minimum absolute atomic E-state index is 0.0390. The highest BCUT2D eigenvalue weighted by atomic mass is 15.3. The average molecular weight is 275 g/mol. The lowest BCUT2D eigenvalue weighted by molar-refractivity contribution is 0.540. The zero-order valence-electron chi connectivity index (χ0n) is 12.9. The molecule has 0 aliphatic carbocycles. The van der Waals surface area contributed by atoms with Gasteiger partial charge in [-0.05, 0) is 39.3 Å². The molecule has 2 aromatic heterocycles. The van der Waals surface area contributed by atoms with Gasteiger partial charge in [-0.25, -0.2) is 0 Å². The van der Waals surface area contributed by atoms with Crippen molar-refractivity contribution in [1.82, 2.24) is 19.6 Å². The number of aryl methyl sites for hydroxylation is 4. The van der Waals surface area contributed by atoms with Crippen LogP contribution in [0.3, 0.4) is 0 Å². The second-order valence-electron chi connectivity index (χ2n) is 5.13. The first kappa shape index (κ1) is 14.8. The van der Waals surface area contributed by atoms with E-state index in [0.717, 1.165) is 43.0 Å². The molecular weight excluding hydrogens is 250 g/mol. The Morgan fingerprint density at radius 2 is 1.80 bits per heavy atom. The van der Waals surface area contributed by atoms with Crippen LogP contribution in [0.2, 0.25) is 0 Å². The van der Waals surface area contributed by atoms with Crippen LogP contribution >= 0.6 is 0 Å². The number of rotatable bonds is 6. The van der Waals surface area contributed by atoms with Gasteiger partial charge < -0.3 is 5.73 Å². The van der Waals surface area contributed by atoms with Crippen molar-refractivity contribution < 1.29 is 0 Å². The molecule has 2 aromatic rings. The van der Waals surface area contributed by atoms with Gasteiger partial charge in [0.25, 0.3) is 0 Å². The molecule has 110 valence electrons. The van der Waals surface area contributed by atoms with Crippen molar-refractivity contribution >= 4 is 0 Å². The molecule has 0 spiro atoms. The molecule has 0 aliphatic heterocycles. The van der Waals surface area contributed by atoms with Crippen LogP contribution < -0.4 is 5.73 Å². The summed E-state index contributed by atoms with van der Waals surface area (Å²) in [5.74, 6) is 0. The molecule has 0 radical (unpaired) electrons. The largest absolute Gasteiger partial charge is 0.322 e. The fourth-order valence-electron chi connectivity index (χ4n) is 2.57. The van der Waals surface area contributed by atoms with Crippen LogP contribution in [0.25, 0.3) is 0 Å². The van der Waals surface area contributed by atoms with E-state index >= 15 is 0 Å². The minimum Gasteiger partial charge on any atom is -0.322 e. The number of nitrogens with two attached hydrogens (primary N) is 1. The highest BCUT2D eigenvalue weighted by Crippen LogP contribution is 2.18. The molecule has 20 heavy (non-hydrogen) atoms. The third kappa shape index (κ3) is 2.93. The van der Waals surface area contributed by atoms with E-state index < -0.39 is 0 Å². The van der Waals surface area contributed by atoms with Crippen molar-refractivity contribution in [2.45, 2.75) is 59.7 Å². The quantitative estimate of drug-likeness (QED) is 0.879. The third-order valence-corrected chi connectivity index (χ3v) is 3.62. The Kier molecular flexibility index (Phi) is 4.60. The number of nitrogens with zero attached hydrogens (tertiary/aromatic N) is 4. The van der Waals surface area contributed by atoms with Crippen molar-refractivity contribution in [2.75, 3.05) is 0 Å². The average Bonchev–Trinajstić information content (AvgIpc) is 3.01. The van der Waals surface area contributed by atoms with Crippen LogP contribution in [-0.2, 0) is 25.9 Å². The van der Waals surface area contributed by atoms with Crippen LogP contribution in [0.1, 0.15) is 49.6 Å². The van der Waals surface area contributed by atoms with Gasteiger partial charge in [0.15, 0.2) is 0 Å². The first-order valence-corrected chi connectivity index (χ1v) is 7.44. The van der Waals surface area contributed by atoms with Crippen LogP contribution in [0, 0.1) is 6.92 Å². The molecule has 0 amide bonds. The Labute approximate surface area is 120 Å². The molecule has 0 saturated heterocycles. The van der Waals surface area contributed by atoms with Crippen molar-refractivity contribution in [2.24, 2.45) is 5.73 Å². The van der Waals surface area contributed by atoms with E-state index in [9.17, 15) is 0 Å². The van der Waals surface area contributed by atoms with Gasteiger partial charge in [0.05, 0.1) is 23.1 Å². The fourth-order valence-corrected chi connectivity index (χ4v) is 2.57. The molecule has 0 saturated carbocycles. The lowest BCUT2D eigenvalue weighted by Gasteiger charge is -2.14. The number of hydrogen-bond acceptors (Lipinski definition) is 3. The van der Waals surface area contributed by atoms with E-state index in [1.54, 1.807) is 0 Å². The lowest BCUT2D eigenvalue weighted by Crippen LogP contribution is -2.19. The molecule has 2 rings (SSSR count). The summed E-state index contributed by atoms with van der Waals surface area (Å²) in [6.45, 7) is 10.1. The molecule has 5 heteroatoms. The van der Waals surface area contributed by atoms with Crippen LogP contribution in [-0.4, -0.2) is 19.6 Å². The Morgan fingerprint density at radius 3 is 2.40 bits per heavy atom. The van der Waals surface area contributed by atoms with Gasteiger partial charge in [0.1, 0.15) is 0 Å². The monoisotopic (exact) mass is 275 g/mol. The number of aromatic nitrogens is 4. The van der Waals surface area contributed by atoms with Gasteiger partial charge in [-0.3, -0.25) is 9.36 Å². The summed E-state index contributed by atoms with van der Waals surface area (Å²) in [5.41, 5.74) is 10.9. The molecule has 0 bridgehead atoms. The summed E-state index contributed by atoms with van der Waals surface area (Å²) in [6.07, 6.45) is 1.76. The van der Waals surface area contributed by atoms with E-state index in [0.29, 0.717) is 0 Å². The fraction of sp³-hybridized carbons (Fsp3) is 0.600. The Bertz CT molecular complexity index is 567. The summed E-state index contributed by atoms with van der Waals surface area (Å²) in [5, 5.41) is 9.05. The van der Waals surface area contributed by atoms with Gasteiger partial charge >= 0.3 is 0 Å². The molecule has 2 heterocycles. The van der Waals surface area contributed by atoms with Crippen molar-refractivity contribution in [3.63, 3.8) is 0 Å². The Balaban J connectivity index is 2.22. The maximum Gasteiger partial charge on any atom is 0.0624 e. The van der Waals surface area contributed by atoms with E-state index in [1.165, 1.54) is 5.69 Å². The summed E-state index contributed by atoms with van der Waals surface area (Å²) in [7, 11) is 0. The predicted octanol–water partition coefficient (Wildman–Crippen LogP) is 2.23. The summed E-state index contributed by atoms with van der Waals surface area (Å²) >= 11 is 0. The Morgan fingerprint density at radius 1 is 1.10 bits per heavy atom. The van der Waals surface area contributed by atoms with Crippen LogP contribution in [0.5, 0.6) is 0 Å². The Hall–Kier alpha value is -1.62. The van der Waals surface area contributed by atoms with Gasteiger partial charge in [-0.15, -0.1) is 0 Å². The molecule has 1 unspecified atom stereocenters. The SMILES string of the molecule is CCc1cc(CC(N)c2cc(C)nn2CC)n(CC)n1. The second kappa shape index (κ2) is 6.22. The summed E-state index contributed by atoms with van der Waals surface area (Å²) < 4.78 is 4.05. The lowest BCUT2D eigenvalue weighted by atomic mass is 10.1. The third-order valence-electron chi connectivity index (χ3n) is 3.62. The van der Waals surface area contributed by atoms with Gasteiger partial charge in [0.2, 0.25) is 0 Å². The molecular formula is C15H25N5. The van der Waals surface area contributed by atoms with E-state index in [-0.39, 0.29) is 6.04 Å². The molecule has 0 fully saturated rings. The van der Waals surface area contributed by atoms with Gasteiger partial charge in [-0.1, -0.05) is 6.92 Å². The zero-order chi connectivity index (χ0) is 14.7. The normalized spacial score (nSPS) is 12.8. The number of hydrogen-bond donors (Lipinski definition) is 1. The van der Waals surface area contributed by atoms with Crippen molar-refractivity contribution in [3.8, 4) is 0 Å². The zero-order valence-corrected chi connectivity index (χ0v) is 12.9. The minimum atomic E-state index is -0.0390. The molecule has 1 atom stereocenters.